The fourth-order valence-corrected chi connectivity index (χ4v) is 9.10. The monoisotopic (exact) mass is 789 g/mol. The van der Waals surface area contributed by atoms with E-state index in [-0.39, 0.29) is 24.3 Å². The van der Waals surface area contributed by atoms with Crippen LogP contribution in [0.4, 0.5) is 11.4 Å². The lowest BCUT2D eigenvalue weighted by Gasteiger charge is -2.43. The summed E-state index contributed by atoms with van der Waals surface area (Å²) in [6, 6.07) is 37.5. The Bertz CT molecular complexity index is 2120. The molecule has 8 rings (SSSR count). The van der Waals surface area contributed by atoms with Gasteiger partial charge in [-0.05, 0) is 112 Å². The van der Waals surface area contributed by atoms with Crippen LogP contribution in [0.1, 0.15) is 65.0 Å². The normalized spacial score (nSPS) is 19.4. The van der Waals surface area contributed by atoms with Crippen LogP contribution in [0, 0.1) is 0 Å². The first-order chi connectivity index (χ1) is 25.4. The summed E-state index contributed by atoms with van der Waals surface area (Å²) >= 11 is 11.4. The van der Waals surface area contributed by atoms with Crippen LogP contribution in [0.2, 0.25) is 5.02 Å². The van der Waals surface area contributed by atoms with Crippen molar-refractivity contribution in [3.05, 3.63) is 157 Å². The van der Waals surface area contributed by atoms with Gasteiger partial charge in [-0.15, -0.1) is 0 Å². The van der Waals surface area contributed by atoms with Crippen LogP contribution in [0.25, 0.3) is 6.08 Å². The van der Waals surface area contributed by atoms with Gasteiger partial charge in [0.1, 0.15) is 6.61 Å². The molecule has 1 fully saturated rings. The molecule has 5 aromatic carbocycles. The summed E-state index contributed by atoms with van der Waals surface area (Å²) in [4.78, 5) is 21.5. The van der Waals surface area contributed by atoms with Crippen LogP contribution >= 0.6 is 39.3 Å². The van der Waals surface area contributed by atoms with Crippen molar-refractivity contribution in [3.63, 3.8) is 0 Å². The van der Waals surface area contributed by atoms with Crippen LogP contribution in [0.15, 0.2) is 124 Å². The third kappa shape index (κ3) is 7.12. The zero-order valence-corrected chi connectivity index (χ0v) is 31.8. The molecule has 6 nitrogen and oxygen atoms in total. The van der Waals surface area contributed by atoms with E-state index in [2.05, 4.69) is 98.9 Å². The first-order valence-electron chi connectivity index (χ1n) is 17.6. The summed E-state index contributed by atoms with van der Waals surface area (Å²) in [6.45, 7) is 4.74. The molecule has 1 N–H and O–H groups in total. The number of ether oxygens (including phenoxy) is 2. The first-order valence-corrected chi connectivity index (χ1v) is 19.6. The van der Waals surface area contributed by atoms with Crippen molar-refractivity contribution in [3.8, 4) is 11.5 Å². The fourth-order valence-electron chi connectivity index (χ4n) is 7.49. The smallest absolute Gasteiger partial charge is 0.264 e. The van der Waals surface area contributed by atoms with Gasteiger partial charge in [-0.1, -0.05) is 90.5 Å². The number of carbonyl (C=O) groups is 1. The van der Waals surface area contributed by atoms with E-state index in [1.165, 1.54) is 39.7 Å². The number of nitrogens with one attached hydrogen (secondary N) is 1. The Balaban J connectivity index is 1.12. The number of rotatable bonds is 9. The van der Waals surface area contributed by atoms with Crippen LogP contribution < -0.4 is 19.7 Å². The molecule has 3 aliphatic heterocycles. The Hall–Kier alpha value is -4.50. The minimum absolute atomic E-state index is 0.188. The number of anilines is 1. The molecule has 3 aliphatic rings. The maximum Gasteiger partial charge on any atom is 0.264 e. The Kier molecular flexibility index (Phi) is 10.1. The molecule has 3 heterocycles. The number of thioether (sulfide) groups is 1. The molecule has 2 atom stereocenters. The minimum atomic E-state index is -0.188. The molecule has 52 heavy (non-hydrogen) atoms. The molecule has 0 unspecified atom stereocenters. The van der Waals surface area contributed by atoms with Crippen molar-refractivity contribution in [2.24, 2.45) is 4.99 Å². The highest BCUT2D eigenvalue weighted by Crippen LogP contribution is 2.50. The molecule has 1 saturated heterocycles. The van der Waals surface area contributed by atoms with Gasteiger partial charge < -0.3 is 19.7 Å². The van der Waals surface area contributed by atoms with Crippen molar-refractivity contribution in [2.45, 2.75) is 38.2 Å². The van der Waals surface area contributed by atoms with Crippen LogP contribution in [-0.2, 0) is 11.4 Å². The lowest BCUT2D eigenvalue weighted by molar-refractivity contribution is -0.115. The largest absolute Gasteiger partial charge is 0.490 e. The summed E-state index contributed by atoms with van der Waals surface area (Å²) in [5.74, 6) is 1.51. The van der Waals surface area contributed by atoms with Gasteiger partial charge in [0.25, 0.3) is 5.91 Å². The highest BCUT2D eigenvalue weighted by atomic mass is 79.9. The van der Waals surface area contributed by atoms with E-state index in [1.54, 1.807) is 0 Å². The standard InChI is InChI=1S/C43H37BrClN3O3S/c1-2-50-38-22-27(21-36(44)41(38)51-26-30-15-9-10-16-37(30)45)23-39-42(49)47-43(52-39)46-31-24-34-32(28-11-5-3-6-12-28)17-19-48-20-18-33(35(25-31)40(34)48)29-13-7-4-8-14-29/h3-16,21-25,32-33H,2,17-20,26H2,1H3,(H,46,47,49)/b39-23-/t32-,33-/m1/s1. The highest BCUT2D eigenvalue weighted by Gasteiger charge is 2.35. The first kappa shape index (κ1) is 34.6. The van der Waals surface area contributed by atoms with E-state index < -0.39 is 0 Å². The van der Waals surface area contributed by atoms with Gasteiger partial charge in [-0.2, -0.15) is 0 Å². The minimum Gasteiger partial charge on any atom is -0.490 e. The van der Waals surface area contributed by atoms with Crippen molar-refractivity contribution >= 4 is 67.8 Å². The van der Waals surface area contributed by atoms with Crippen LogP contribution in [0.3, 0.4) is 0 Å². The Morgan fingerprint density at radius 2 is 1.52 bits per heavy atom. The van der Waals surface area contributed by atoms with Crippen LogP contribution in [-0.4, -0.2) is 30.8 Å². The molecule has 5 aromatic rings. The summed E-state index contributed by atoms with van der Waals surface area (Å²) in [6.07, 6.45) is 3.96. The van der Waals surface area contributed by atoms with Gasteiger partial charge in [0, 0.05) is 41.2 Å². The van der Waals surface area contributed by atoms with E-state index in [0.717, 1.165) is 42.7 Å². The number of hydrogen-bond donors (Lipinski definition) is 1. The number of aliphatic imine (C=N–C) groups is 1. The molecule has 0 saturated carbocycles. The lowest BCUT2D eigenvalue weighted by Crippen LogP contribution is -2.37. The number of carbonyl (C=O) groups excluding carboxylic acids is 1. The average molecular weight is 791 g/mol. The predicted molar refractivity (Wildman–Crippen MR) is 216 cm³/mol. The summed E-state index contributed by atoms with van der Waals surface area (Å²) in [5, 5.41) is 4.22. The SMILES string of the molecule is CCOc1cc(/C=C2\SC(=Nc3cc4c5c(c3)[C@@H](c3ccccc3)CCN5CC[C@@H]4c3ccccc3)NC2=O)cc(Br)c1OCc1ccccc1Cl. The van der Waals surface area contributed by atoms with Gasteiger partial charge in [0.2, 0.25) is 0 Å². The van der Waals surface area contributed by atoms with Gasteiger partial charge in [0.15, 0.2) is 16.7 Å². The lowest BCUT2D eigenvalue weighted by atomic mass is 9.76. The van der Waals surface area contributed by atoms with E-state index in [1.807, 2.05) is 49.4 Å². The topological polar surface area (TPSA) is 63.2 Å². The second-order valence-corrected chi connectivity index (χ2v) is 15.4. The fraction of sp³-hybridized carbons (Fsp3) is 0.209. The van der Waals surface area contributed by atoms with Gasteiger partial charge in [-0.25, -0.2) is 4.99 Å². The second kappa shape index (κ2) is 15.2. The third-order valence-electron chi connectivity index (χ3n) is 9.84. The molecule has 0 bridgehead atoms. The number of amides is 1. The summed E-state index contributed by atoms with van der Waals surface area (Å²) in [7, 11) is 0. The Morgan fingerprint density at radius 1 is 0.885 bits per heavy atom. The number of halogens is 2. The zero-order chi connectivity index (χ0) is 35.6. The molecule has 9 heteroatoms. The van der Waals surface area contributed by atoms with Crippen molar-refractivity contribution in [2.75, 3.05) is 24.6 Å². The van der Waals surface area contributed by atoms with E-state index in [9.17, 15) is 4.79 Å². The Morgan fingerprint density at radius 3 is 2.15 bits per heavy atom. The molecule has 0 spiro atoms. The van der Waals surface area contributed by atoms with Gasteiger partial charge in [0.05, 0.1) is 21.7 Å². The molecule has 0 aromatic heterocycles. The van der Waals surface area contributed by atoms with E-state index in [4.69, 9.17) is 26.1 Å². The zero-order valence-electron chi connectivity index (χ0n) is 28.7. The molecular formula is C43H37BrClN3O3S. The maximum absolute atomic E-state index is 13.3. The highest BCUT2D eigenvalue weighted by molar-refractivity contribution is 9.10. The van der Waals surface area contributed by atoms with E-state index in [0.29, 0.717) is 37.7 Å². The number of hydrogen-bond acceptors (Lipinski definition) is 6. The van der Waals surface area contributed by atoms with Crippen LogP contribution in [0.5, 0.6) is 11.5 Å². The molecule has 0 aliphatic carbocycles. The third-order valence-corrected chi connectivity index (χ3v) is 11.7. The van der Waals surface area contributed by atoms with Crippen molar-refractivity contribution in [1.29, 1.82) is 0 Å². The van der Waals surface area contributed by atoms with Gasteiger partial charge >= 0.3 is 0 Å². The van der Waals surface area contributed by atoms with Crippen molar-refractivity contribution < 1.29 is 14.3 Å². The molecule has 262 valence electrons. The quantitative estimate of drug-likeness (QED) is 0.151. The predicted octanol–water partition coefficient (Wildman–Crippen LogP) is 10.8. The summed E-state index contributed by atoms with van der Waals surface area (Å²) < 4.78 is 12.9. The van der Waals surface area contributed by atoms with E-state index >= 15 is 0 Å². The molecule has 1 amide bonds. The second-order valence-electron chi connectivity index (χ2n) is 13.1. The summed E-state index contributed by atoms with van der Waals surface area (Å²) in [5.41, 5.74) is 9.14. The molecular weight excluding hydrogens is 754 g/mol. The molecule has 0 radical (unpaired) electrons. The maximum atomic E-state index is 13.3. The number of nitrogens with zero attached hydrogens (tertiary/aromatic N) is 2. The number of amidine groups is 1. The van der Waals surface area contributed by atoms with Crippen molar-refractivity contribution in [1.82, 2.24) is 5.32 Å². The number of benzene rings is 5. The van der Waals surface area contributed by atoms with Gasteiger partial charge in [-0.3, -0.25) is 4.79 Å². The average Bonchev–Trinajstić information content (AvgIpc) is 3.50. The Labute approximate surface area is 322 Å².